The molecule has 0 aliphatic rings. The van der Waals surface area contributed by atoms with E-state index in [2.05, 4.69) is 26.8 Å². The maximum atomic E-state index is 14.2. The number of amides is 1. The minimum absolute atomic E-state index is 0.282. The fraction of sp³-hybridized carbons (Fsp3) is 0.333. The van der Waals surface area contributed by atoms with E-state index < -0.39 is 5.82 Å². The van der Waals surface area contributed by atoms with Gasteiger partial charge in [-0.15, -0.1) is 0 Å². The lowest BCUT2D eigenvalue weighted by Gasteiger charge is -2.14. The second-order valence-electron chi connectivity index (χ2n) is 8.12. The van der Waals surface area contributed by atoms with Crippen LogP contribution < -0.4 is 16.0 Å². The zero-order valence-electron chi connectivity index (χ0n) is 19.1. The van der Waals surface area contributed by atoms with E-state index in [9.17, 15) is 9.18 Å². The number of nitrogens with zero attached hydrogens (tertiary/aromatic N) is 5. The molecule has 4 aromatic rings. The molecule has 0 saturated carbocycles. The van der Waals surface area contributed by atoms with Crippen LogP contribution in [0.25, 0.3) is 22.1 Å². The summed E-state index contributed by atoms with van der Waals surface area (Å²) in [5.74, 6) is 0.632. The van der Waals surface area contributed by atoms with E-state index >= 15 is 0 Å². The summed E-state index contributed by atoms with van der Waals surface area (Å²) < 4.78 is 16.3. The number of unbranched alkanes of at least 4 members (excludes halogenated alkanes) is 1. The number of imidazole rings is 1. The van der Waals surface area contributed by atoms with Gasteiger partial charge in [0.25, 0.3) is 5.91 Å². The van der Waals surface area contributed by atoms with Gasteiger partial charge in [0, 0.05) is 45.4 Å². The zero-order chi connectivity index (χ0) is 23.5. The number of nitrogens with two attached hydrogens (primary N) is 1. The molecule has 0 aliphatic carbocycles. The molecule has 0 aliphatic heterocycles. The van der Waals surface area contributed by atoms with Gasteiger partial charge >= 0.3 is 0 Å². The van der Waals surface area contributed by atoms with Gasteiger partial charge in [-0.1, -0.05) is 6.92 Å². The number of carbonyl (C=O) groups is 1. The van der Waals surface area contributed by atoms with Crippen molar-refractivity contribution in [2.75, 3.05) is 31.3 Å². The molecule has 0 unspecified atom stereocenters. The molecule has 0 fully saturated rings. The number of hydrogen-bond acceptors (Lipinski definition) is 6. The first-order valence-electron chi connectivity index (χ1n) is 11.0. The third-order valence-corrected chi connectivity index (χ3v) is 5.64. The maximum absolute atomic E-state index is 14.2. The van der Waals surface area contributed by atoms with Crippen LogP contribution in [-0.2, 0) is 13.0 Å². The van der Waals surface area contributed by atoms with Crippen LogP contribution >= 0.6 is 0 Å². The van der Waals surface area contributed by atoms with Crippen molar-refractivity contribution in [3.63, 3.8) is 0 Å². The Morgan fingerprint density at radius 3 is 2.73 bits per heavy atom. The molecule has 4 rings (SSSR count). The fourth-order valence-corrected chi connectivity index (χ4v) is 3.99. The highest BCUT2D eigenvalue weighted by Crippen LogP contribution is 2.28. The molecule has 0 saturated heterocycles. The van der Waals surface area contributed by atoms with Crippen molar-refractivity contribution < 1.29 is 9.18 Å². The van der Waals surface area contributed by atoms with E-state index in [1.165, 1.54) is 6.07 Å². The smallest absolute Gasteiger partial charge is 0.251 e. The highest BCUT2D eigenvalue weighted by atomic mass is 19.1. The Kier molecular flexibility index (Phi) is 6.39. The lowest BCUT2D eigenvalue weighted by atomic mass is 10.1. The Bertz CT molecular complexity index is 1320. The number of nitrogen functional groups attached to an aromatic ring is 1. The van der Waals surface area contributed by atoms with Crippen molar-refractivity contribution in [2.45, 2.75) is 32.7 Å². The number of nitrogens with one attached hydrogen (secondary N) is 1. The van der Waals surface area contributed by atoms with E-state index in [1.54, 1.807) is 37.3 Å². The summed E-state index contributed by atoms with van der Waals surface area (Å²) in [6, 6.07) is 8.25. The first-order valence-corrected chi connectivity index (χ1v) is 11.0. The summed E-state index contributed by atoms with van der Waals surface area (Å²) in [6.45, 7) is 3.27. The number of pyridine rings is 2. The number of hydrogen-bond donors (Lipinski definition) is 2. The Balaban J connectivity index is 1.42. The van der Waals surface area contributed by atoms with Gasteiger partial charge in [0.15, 0.2) is 5.82 Å². The standard InChI is InChI=1S/C24H28FN7O/c1-4-19-30-21-22(20-17(29-23(21)26)8-7-12-27-20)32(19)13-6-5-11-28-24(33)15-9-10-18(31(2)3)16(25)14-15/h7-10,12,14H,4-6,11,13H2,1-3H3,(H2,26,29)(H,28,33). The number of anilines is 2. The van der Waals surface area contributed by atoms with Crippen molar-refractivity contribution in [3.8, 4) is 0 Å². The number of fused-ring (bicyclic) bond motifs is 3. The van der Waals surface area contributed by atoms with Gasteiger partial charge in [-0.25, -0.2) is 14.4 Å². The highest BCUT2D eigenvalue weighted by molar-refractivity contribution is 6.04. The molecular weight excluding hydrogens is 421 g/mol. The van der Waals surface area contributed by atoms with Gasteiger partial charge in [0.2, 0.25) is 0 Å². The molecule has 0 spiro atoms. The molecular formula is C24H28FN7O. The Labute approximate surface area is 191 Å². The van der Waals surface area contributed by atoms with Crippen LogP contribution in [0.2, 0.25) is 0 Å². The molecule has 0 atom stereocenters. The number of halogens is 1. The molecule has 172 valence electrons. The van der Waals surface area contributed by atoms with Gasteiger partial charge in [-0.2, -0.15) is 0 Å². The van der Waals surface area contributed by atoms with Crippen molar-refractivity contribution in [3.05, 3.63) is 53.7 Å². The summed E-state index contributed by atoms with van der Waals surface area (Å²) >= 11 is 0. The lowest BCUT2D eigenvalue weighted by molar-refractivity contribution is 0.0952. The fourth-order valence-electron chi connectivity index (χ4n) is 3.99. The zero-order valence-corrected chi connectivity index (χ0v) is 19.1. The monoisotopic (exact) mass is 449 g/mol. The van der Waals surface area contributed by atoms with Crippen molar-refractivity contribution in [1.82, 2.24) is 24.8 Å². The van der Waals surface area contributed by atoms with Crippen molar-refractivity contribution >= 4 is 39.5 Å². The number of aryl methyl sites for hydroxylation is 2. The van der Waals surface area contributed by atoms with E-state index in [-0.39, 0.29) is 5.91 Å². The number of rotatable bonds is 8. The molecule has 1 aromatic carbocycles. The molecule has 8 nitrogen and oxygen atoms in total. The molecule has 9 heteroatoms. The van der Waals surface area contributed by atoms with Crippen LogP contribution in [0, 0.1) is 5.82 Å². The minimum Gasteiger partial charge on any atom is -0.382 e. The van der Waals surface area contributed by atoms with Gasteiger partial charge in [0.05, 0.1) is 11.2 Å². The Morgan fingerprint density at radius 1 is 1.18 bits per heavy atom. The summed E-state index contributed by atoms with van der Waals surface area (Å²) in [7, 11) is 3.52. The Morgan fingerprint density at radius 2 is 2.00 bits per heavy atom. The lowest BCUT2D eigenvalue weighted by Crippen LogP contribution is -2.25. The SMILES string of the molecule is CCc1nc2c(N)nc3cccnc3c2n1CCCCNC(=O)c1ccc(N(C)C)c(F)c1. The quantitative estimate of drug-likeness (QED) is 0.399. The molecule has 33 heavy (non-hydrogen) atoms. The summed E-state index contributed by atoms with van der Waals surface area (Å²) in [5.41, 5.74) is 10.0. The first-order chi connectivity index (χ1) is 15.9. The van der Waals surface area contributed by atoms with Crippen LogP contribution in [0.15, 0.2) is 36.5 Å². The van der Waals surface area contributed by atoms with Gasteiger partial charge in [-0.3, -0.25) is 9.78 Å². The van der Waals surface area contributed by atoms with E-state index in [0.29, 0.717) is 29.1 Å². The number of carbonyl (C=O) groups excluding carboxylic acids is 1. The topological polar surface area (TPSA) is 102 Å². The van der Waals surface area contributed by atoms with E-state index in [0.717, 1.165) is 48.2 Å². The van der Waals surface area contributed by atoms with Crippen LogP contribution in [0.3, 0.4) is 0 Å². The van der Waals surface area contributed by atoms with Crippen LogP contribution in [0.1, 0.15) is 35.9 Å². The summed E-state index contributed by atoms with van der Waals surface area (Å²) in [6.07, 6.45) is 4.09. The van der Waals surface area contributed by atoms with Crippen molar-refractivity contribution in [1.29, 1.82) is 0 Å². The predicted octanol–water partition coefficient (Wildman–Crippen LogP) is 3.54. The second kappa shape index (κ2) is 9.40. The van der Waals surface area contributed by atoms with Gasteiger partial charge in [0.1, 0.15) is 28.2 Å². The number of aromatic nitrogens is 4. The van der Waals surface area contributed by atoms with Gasteiger partial charge in [-0.05, 0) is 43.2 Å². The largest absolute Gasteiger partial charge is 0.382 e. The minimum atomic E-state index is -0.415. The molecule has 3 N–H and O–H groups in total. The Hall–Kier alpha value is -3.75. The second-order valence-corrected chi connectivity index (χ2v) is 8.12. The van der Waals surface area contributed by atoms with Crippen LogP contribution in [0.5, 0.6) is 0 Å². The van der Waals surface area contributed by atoms with E-state index in [1.807, 2.05) is 12.1 Å². The predicted molar refractivity (Wildman–Crippen MR) is 129 cm³/mol. The molecule has 0 radical (unpaired) electrons. The normalized spacial score (nSPS) is 11.3. The van der Waals surface area contributed by atoms with E-state index in [4.69, 9.17) is 10.7 Å². The van der Waals surface area contributed by atoms with Crippen molar-refractivity contribution in [2.24, 2.45) is 0 Å². The van der Waals surface area contributed by atoms with Crippen LogP contribution in [-0.4, -0.2) is 46.1 Å². The van der Waals surface area contributed by atoms with Gasteiger partial charge < -0.3 is 20.5 Å². The average Bonchev–Trinajstić information content (AvgIpc) is 3.18. The third-order valence-electron chi connectivity index (χ3n) is 5.64. The van der Waals surface area contributed by atoms with Crippen LogP contribution in [0.4, 0.5) is 15.9 Å². The first kappa shape index (κ1) is 22.4. The molecule has 0 bridgehead atoms. The molecule has 3 heterocycles. The summed E-state index contributed by atoms with van der Waals surface area (Å²) in [5, 5.41) is 2.87. The third kappa shape index (κ3) is 4.44. The molecule has 3 aromatic heterocycles. The number of benzene rings is 1. The highest BCUT2D eigenvalue weighted by Gasteiger charge is 2.17. The maximum Gasteiger partial charge on any atom is 0.251 e. The molecule has 1 amide bonds. The summed E-state index contributed by atoms with van der Waals surface area (Å²) in [4.78, 5) is 27.7. The average molecular weight is 450 g/mol.